The molecule has 2 amide bonds. The fourth-order valence-corrected chi connectivity index (χ4v) is 4.93. The van der Waals surface area contributed by atoms with Crippen molar-refractivity contribution >= 4 is 18.0 Å². The highest BCUT2D eigenvalue weighted by Crippen LogP contribution is 2.44. The maximum Gasteiger partial charge on any atom is 0.407 e. The van der Waals surface area contributed by atoms with Gasteiger partial charge in [-0.25, -0.2) is 4.79 Å². The van der Waals surface area contributed by atoms with E-state index in [1.807, 2.05) is 58.9 Å². The Bertz CT molecular complexity index is 1040. The van der Waals surface area contributed by atoms with E-state index in [9.17, 15) is 19.5 Å². The quantitative estimate of drug-likeness (QED) is 0.421. The molecule has 0 aromatic heterocycles. The number of hydrogen-bond donors (Lipinski definition) is 3. The topological polar surface area (TPSA) is 105 Å². The van der Waals surface area contributed by atoms with Gasteiger partial charge in [0.1, 0.15) is 12.6 Å². The number of hydrogen-bond acceptors (Lipinski definition) is 4. The molecule has 0 fully saturated rings. The van der Waals surface area contributed by atoms with E-state index in [4.69, 9.17) is 4.74 Å². The number of alkyl carbamates (subject to hydrolysis) is 1. The van der Waals surface area contributed by atoms with Crippen molar-refractivity contribution in [1.29, 1.82) is 0 Å². The van der Waals surface area contributed by atoms with Gasteiger partial charge in [-0.2, -0.15) is 0 Å². The molecule has 0 aliphatic heterocycles. The van der Waals surface area contributed by atoms with Crippen molar-refractivity contribution in [2.75, 3.05) is 13.2 Å². The molecule has 2 aromatic rings. The van der Waals surface area contributed by atoms with Gasteiger partial charge in [0.15, 0.2) is 0 Å². The molecule has 0 spiro atoms. The van der Waals surface area contributed by atoms with Crippen LogP contribution in [0.4, 0.5) is 4.79 Å². The smallest absolute Gasteiger partial charge is 0.407 e. The molecule has 1 aliphatic carbocycles. The molecule has 0 radical (unpaired) electrons. The largest absolute Gasteiger partial charge is 0.481 e. The van der Waals surface area contributed by atoms with Gasteiger partial charge in [0, 0.05) is 18.9 Å². The Balaban J connectivity index is 1.63. The van der Waals surface area contributed by atoms with Crippen molar-refractivity contribution in [3.8, 4) is 11.1 Å². The lowest BCUT2D eigenvalue weighted by Crippen LogP contribution is -2.54. The number of carbonyl (C=O) groups excluding carboxylic acids is 2. The van der Waals surface area contributed by atoms with Gasteiger partial charge in [-0.3, -0.25) is 9.59 Å². The minimum absolute atomic E-state index is 0.0154. The standard InChI is InChI=1S/C29H38N2O5/c1-18(2)14-19(15-25(32)33)16-30-27(34)26(29(3,4)5)31-28(35)36-17-24-22-12-8-6-10-20(22)21-11-7-9-13-23(21)24/h6-13,18-19,24,26H,14-17H2,1-5H3,(H,30,34)(H,31,35)(H,32,33)/t19?,26-/m1/s1. The Labute approximate surface area is 213 Å². The van der Waals surface area contributed by atoms with Crippen LogP contribution in [0.15, 0.2) is 48.5 Å². The van der Waals surface area contributed by atoms with Crippen LogP contribution in [0.5, 0.6) is 0 Å². The Morgan fingerprint density at radius 2 is 1.53 bits per heavy atom. The molecular weight excluding hydrogens is 456 g/mol. The van der Waals surface area contributed by atoms with Gasteiger partial charge < -0.3 is 20.5 Å². The molecule has 36 heavy (non-hydrogen) atoms. The minimum atomic E-state index is -0.890. The van der Waals surface area contributed by atoms with Crippen molar-refractivity contribution in [3.05, 3.63) is 59.7 Å². The second-order valence-corrected chi connectivity index (χ2v) is 11.1. The van der Waals surface area contributed by atoms with Crippen LogP contribution in [0.3, 0.4) is 0 Å². The summed E-state index contributed by atoms with van der Waals surface area (Å²) in [5, 5.41) is 14.8. The zero-order valence-electron chi connectivity index (χ0n) is 21.8. The van der Waals surface area contributed by atoms with Crippen molar-refractivity contribution in [1.82, 2.24) is 10.6 Å². The first-order valence-corrected chi connectivity index (χ1v) is 12.6. The lowest BCUT2D eigenvalue weighted by atomic mass is 9.86. The Morgan fingerprint density at radius 3 is 2.03 bits per heavy atom. The first-order valence-electron chi connectivity index (χ1n) is 12.6. The van der Waals surface area contributed by atoms with E-state index in [2.05, 4.69) is 34.9 Å². The summed E-state index contributed by atoms with van der Waals surface area (Å²) in [7, 11) is 0. The van der Waals surface area contributed by atoms with Crippen molar-refractivity contribution < 1.29 is 24.2 Å². The number of fused-ring (bicyclic) bond motifs is 3. The normalized spacial score (nSPS) is 14.5. The summed E-state index contributed by atoms with van der Waals surface area (Å²) in [6, 6.07) is 15.4. The predicted octanol–water partition coefficient (Wildman–Crippen LogP) is 5.19. The molecule has 1 aliphatic rings. The summed E-state index contributed by atoms with van der Waals surface area (Å²) < 4.78 is 5.64. The number of nitrogens with one attached hydrogen (secondary N) is 2. The Hall–Kier alpha value is -3.35. The van der Waals surface area contributed by atoms with Crippen LogP contribution in [-0.4, -0.2) is 42.3 Å². The maximum absolute atomic E-state index is 13.1. The number of rotatable bonds is 10. The summed E-state index contributed by atoms with van der Waals surface area (Å²) >= 11 is 0. The molecule has 1 unspecified atom stereocenters. The zero-order chi connectivity index (χ0) is 26.5. The van der Waals surface area contributed by atoms with Gasteiger partial charge in [0.25, 0.3) is 0 Å². The predicted molar refractivity (Wildman–Crippen MR) is 140 cm³/mol. The van der Waals surface area contributed by atoms with Crippen LogP contribution in [0, 0.1) is 17.3 Å². The SMILES string of the molecule is CC(C)CC(CNC(=O)[C@@H](NC(=O)OCC1c2ccccc2-c2ccccc21)C(C)(C)C)CC(=O)O. The highest BCUT2D eigenvalue weighted by Gasteiger charge is 2.35. The third-order valence-electron chi connectivity index (χ3n) is 6.57. The van der Waals surface area contributed by atoms with Crippen LogP contribution in [-0.2, 0) is 14.3 Å². The van der Waals surface area contributed by atoms with E-state index < -0.39 is 23.5 Å². The highest BCUT2D eigenvalue weighted by molar-refractivity contribution is 5.86. The molecule has 0 heterocycles. The third kappa shape index (κ3) is 6.86. The fraction of sp³-hybridized carbons (Fsp3) is 0.483. The molecule has 0 saturated heterocycles. The van der Waals surface area contributed by atoms with Crippen molar-refractivity contribution in [2.24, 2.45) is 17.3 Å². The molecule has 3 N–H and O–H groups in total. The van der Waals surface area contributed by atoms with E-state index in [0.717, 1.165) is 22.3 Å². The van der Waals surface area contributed by atoms with Crippen LogP contribution in [0.25, 0.3) is 11.1 Å². The number of carboxylic acid groups (broad SMARTS) is 1. The van der Waals surface area contributed by atoms with Gasteiger partial charge >= 0.3 is 12.1 Å². The van der Waals surface area contributed by atoms with Gasteiger partial charge in [-0.15, -0.1) is 0 Å². The number of benzene rings is 2. The van der Waals surface area contributed by atoms with Gasteiger partial charge in [0.05, 0.1) is 0 Å². The Morgan fingerprint density at radius 1 is 0.972 bits per heavy atom. The lowest BCUT2D eigenvalue weighted by Gasteiger charge is -2.31. The minimum Gasteiger partial charge on any atom is -0.481 e. The molecule has 0 saturated carbocycles. The summed E-state index contributed by atoms with van der Waals surface area (Å²) in [5.74, 6) is -1.18. The van der Waals surface area contributed by atoms with Crippen LogP contribution in [0.2, 0.25) is 0 Å². The van der Waals surface area contributed by atoms with Crippen LogP contribution in [0.1, 0.15) is 64.5 Å². The van der Waals surface area contributed by atoms with Crippen molar-refractivity contribution in [2.45, 2.75) is 59.4 Å². The monoisotopic (exact) mass is 494 g/mol. The van der Waals surface area contributed by atoms with Crippen LogP contribution < -0.4 is 10.6 Å². The molecular formula is C29H38N2O5. The van der Waals surface area contributed by atoms with E-state index in [1.165, 1.54) is 0 Å². The molecule has 3 rings (SSSR count). The lowest BCUT2D eigenvalue weighted by molar-refractivity contribution is -0.138. The second kappa shape index (κ2) is 11.6. The van der Waals surface area contributed by atoms with Gasteiger partial charge in [-0.05, 0) is 45.9 Å². The van der Waals surface area contributed by atoms with Gasteiger partial charge in [0.2, 0.25) is 5.91 Å². The molecule has 194 valence electrons. The fourth-order valence-electron chi connectivity index (χ4n) is 4.93. The molecule has 2 aromatic carbocycles. The molecule has 0 bridgehead atoms. The molecule has 7 heteroatoms. The summed E-state index contributed by atoms with van der Waals surface area (Å²) in [5.41, 5.74) is 3.95. The summed E-state index contributed by atoms with van der Waals surface area (Å²) in [4.78, 5) is 37.1. The molecule has 7 nitrogen and oxygen atoms in total. The summed E-state index contributed by atoms with van der Waals surface area (Å²) in [6.07, 6.45) is 0.0154. The number of ether oxygens (including phenoxy) is 1. The number of carboxylic acids is 1. The van der Waals surface area contributed by atoms with E-state index in [-0.39, 0.29) is 37.3 Å². The maximum atomic E-state index is 13.1. The first kappa shape index (κ1) is 27.2. The summed E-state index contributed by atoms with van der Waals surface area (Å²) in [6.45, 7) is 10.0. The van der Waals surface area contributed by atoms with Crippen molar-refractivity contribution in [3.63, 3.8) is 0 Å². The van der Waals surface area contributed by atoms with Crippen LogP contribution >= 0.6 is 0 Å². The van der Waals surface area contributed by atoms with E-state index in [1.54, 1.807) is 0 Å². The number of aliphatic carboxylic acids is 1. The number of carbonyl (C=O) groups is 3. The average Bonchev–Trinajstić information content (AvgIpc) is 3.12. The zero-order valence-corrected chi connectivity index (χ0v) is 21.8. The second-order valence-electron chi connectivity index (χ2n) is 11.1. The first-order chi connectivity index (χ1) is 17.0. The Kier molecular flexibility index (Phi) is 8.77. The van der Waals surface area contributed by atoms with E-state index in [0.29, 0.717) is 12.3 Å². The molecule has 2 atom stereocenters. The van der Waals surface area contributed by atoms with Gasteiger partial charge in [-0.1, -0.05) is 83.1 Å². The number of amides is 2. The average molecular weight is 495 g/mol. The van der Waals surface area contributed by atoms with E-state index >= 15 is 0 Å². The third-order valence-corrected chi connectivity index (χ3v) is 6.57. The highest BCUT2D eigenvalue weighted by atomic mass is 16.5.